The number of anilines is 1. The fourth-order valence-corrected chi connectivity index (χ4v) is 3.09. The van der Waals surface area contributed by atoms with Crippen molar-refractivity contribution < 1.29 is 10.0 Å². The summed E-state index contributed by atoms with van der Waals surface area (Å²) in [5.41, 5.74) is 2.15. The summed E-state index contributed by atoms with van der Waals surface area (Å²) in [7, 11) is 0. The van der Waals surface area contributed by atoms with Crippen molar-refractivity contribution in [1.29, 1.82) is 0 Å². The standard InChI is InChI=1S/C17H24N2O2/c1-12(19-21)13-7-6-8-14(11-13)18-16(20)15-9-4-5-10-17(15,2)3/h6-8,11,15,21H,4-5,9-10H2,1-3H3,(H,18,20)/b19-12-. The predicted molar refractivity (Wildman–Crippen MR) is 84.8 cm³/mol. The van der Waals surface area contributed by atoms with E-state index in [0.717, 1.165) is 30.5 Å². The second-order valence-corrected chi connectivity index (χ2v) is 6.54. The van der Waals surface area contributed by atoms with E-state index in [0.29, 0.717) is 5.71 Å². The fraction of sp³-hybridized carbons (Fsp3) is 0.529. The molecule has 0 aliphatic heterocycles. The van der Waals surface area contributed by atoms with Crippen LogP contribution in [0.15, 0.2) is 29.4 Å². The molecule has 21 heavy (non-hydrogen) atoms. The molecule has 4 heteroatoms. The lowest BCUT2D eigenvalue weighted by molar-refractivity contribution is -0.124. The lowest BCUT2D eigenvalue weighted by Crippen LogP contribution is -2.37. The maximum Gasteiger partial charge on any atom is 0.228 e. The van der Waals surface area contributed by atoms with Gasteiger partial charge in [0.15, 0.2) is 0 Å². The summed E-state index contributed by atoms with van der Waals surface area (Å²) in [6.07, 6.45) is 4.38. The Morgan fingerprint density at radius 3 is 2.81 bits per heavy atom. The molecular weight excluding hydrogens is 264 g/mol. The van der Waals surface area contributed by atoms with E-state index in [9.17, 15) is 4.79 Å². The maximum atomic E-state index is 12.5. The third kappa shape index (κ3) is 3.63. The van der Waals surface area contributed by atoms with Crippen molar-refractivity contribution in [3.63, 3.8) is 0 Å². The first-order chi connectivity index (χ1) is 9.94. The number of carbonyl (C=O) groups is 1. The number of hydrogen-bond donors (Lipinski definition) is 2. The topological polar surface area (TPSA) is 61.7 Å². The van der Waals surface area contributed by atoms with Crippen LogP contribution in [0.2, 0.25) is 0 Å². The van der Waals surface area contributed by atoms with Crippen LogP contribution in [0, 0.1) is 11.3 Å². The molecule has 0 aromatic heterocycles. The van der Waals surface area contributed by atoms with Crippen molar-refractivity contribution in [2.45, 2.75) is 46.5 Å². The molecule has 1 saturated carbocycles. The summed E-state index contributed by atoms with van der Waals surface area (Å²) in [5, 5.41) is 15.0. The van der Waals surface area contributed by atoms with Gasteiger partial charge in [-0.1, -0.05) is 44.0 Å². The van der Waals surface area contributed by atoms with E-state index in [-0.39, 0.29) is 17.2 Å². The average Bonchev–Trinajstić information content (AvgIpc) is 2.46. The monoisotopic (exact) mass is 288 g/mol. The maximum absolute atomic E-state index is 12.5. The van der Waals surface area contributed by atoms with E-state index in [1.165, 1.54) is 6.42 Å². The Morgan fingerprint density at radius 1 is 1.38 bits per heavy atom. The minimum atomic E-state index is 0.0579. The van der Waals surface area contributed by atoms with Crippen LogP contribution < -0.4 is 5.32 Å². The largest absolute Gasteiger partial charge is 0.411 e. The lowest BCUT2D eigenvalue weighted by atomic mass is 9.68. The van der Waals surface area contributed by atoms with Crippen LogP contribution in [0.4, 0.5) is 5.69 Å². The second kappa shape index (κ2) is 6.29. The average molecular weight is 288 g/mol. The summed E-state index contributed by atoms with van der Waals surface area (Å²) in [6.45, 7) is 6.08. The highest BCUT2D eigenvalue weighted by atomic mass is 16.4. The SMILES string of the molecule is C/C(=N/O)c1cccc(NC(=O)C2CCCCC2(C)C)c1. The molecule has 4 nitrogen and oxygen atoms in total. The molecule has 0 radical (unpaired) electrons. The summed E-state index contributed by atoms with van der Waals surface area (Å²) in [6, 6.07) is 7.41. The van der Waals surface area contributed by atoms with Crippen LogP contribution in [0.3, 0.4) is 0 Å². The summed E-state index contributed by atoms with van der Waals surface area (Å²) in [4.78, 5) is 12.5. The molecule has 2 N–H and O–H groups in total. The smallest absolute Gasteiger partial charge is 0.228 e. The minimum absolute atomic E-state index is 0.0579. The number of amides is 1. The van der Waals surface area contributed by atoms with Crippen molar-refractivity contribution >= 4 is 17.3 Å². The molecule has 1 atom stereocenters. The second-order valence-electron chi connectivity index (χ2n) is 6.54. The normalized spacial score (nSPS) is 21.9. The third-order valence-electron chi connectivity index (χ3n) is 4.52. The zero-order valence-electron chi connectivity index (χ0n) is 13.0. The molecule has 1 fully saturated rings. The molecule has 1 aromatic rings. The van der Waals surface area contributed by atoms with E-state index in [1.54, 1.807) is 6.92 Å². The highest BCUT2D eigenvalue weighted by molar-refractivity contribution is 6.00. The third-order valence-corrected chi connectivity index (χ3v) is 4.52. The quantitative estimate of drug-likeness (QED) is 0.501. The van der Waals surface area contributed by atoms with E-state index < -0.39 is 0 Å². The Morgan fingerprint density at radius 2 is 2.14 bits per heavy atom. The van der Waals surface area contributed by atoms with Crippen LogP contribution in [0.1, 0.15) is 52.0 Å². The van der Waals surface area contributed by atoms with Gasteiger partial charge in [-0.3, -0.25) is 4.79 Å². The molecule has 1 aromatic carbocycles. The van der Waals surface area contributed by atoms with Crippen LogP contribution >= 0.6 is 0 Å². The van der Waals surface area contributed by atoms with Crippen molar-refractivity contribution in [2.75, 3.05) is 5.32 Å². The molecule has 0 heterocycles. The molecule has 2 rings (SSSR count). The number of nitrogens with zero attached hydrogens (tertiary/aromatic N) is 1. The van der Waals surface area contributed by atoms with Crippen LogP contribution in [-0.4, -0.2) is 16.8 Å². The van der Waals surface area contributed by atoms with E-state index in [1.807, 2.05) is 24.3 Å². The molecule has 0 spiro atoms. The Labute approximate surface area is 126 Å². The lowest BCUT2D eigenvalue weighted by Gasteiger charge is -2.37. The zero-order chi connectivity index (χ0) is 15.5. The van der Waals surface area contributed by atoms with Crippen molar-refractivity contribution in [1.82, 2.24) is 0 Å². The number of hydrogen-bond acceptors (Lipinski definition) is 3. The van der Waals surface area contributed by atoms with Gasteiger partial charge in [-0.05, 0) is 37.3 Å². The summed E-state index contributed by atoms with van der Waals surface area (Å²) < 4.78 is 0. The first kappa shape index (κ1) is 15.5. The van der Waals surface area contributed by atoms with Gasteiger partial charge in [-0.2, -0.15) is 0 Å². The van der Waals surface area contributed by atoms with Gasteiger partial charge < -0.3 is 10.5 Å². The Hall–Kier alpha value is -1.84. The Kier molecular flexibility index (Phi) is 4.66. The fourth-order valence-electron chi connectivity index (χ4n) is 3.09. The van der Waals surface area contributed by atoms with Crippen LogP contribution in [0.5, 0.6) is 0 Å². The zero-order valence-corrected chi connectivity index (χ0v) is 13.0. The Bertz CT molecular complexity index is 549. The van der Waals surface area contributed by atoms with Crippen molar-refractivity contribution in [2.24, 2.45) is 16.5 Å². The van der Waals surface area contributed by atoms with Crippen molar-refractivity contribution in [3.8, 4) is 0 Å². The van der Waals surface area contributed by atoms with Crippen LogP contribution in [0.25, 0.3) is 0 Å². The minimum Gasteiger partial charge on any atom is -0.411 e. The van der Waals surface area contributed by atoms with Crippen LogP contribution in [-0.2, 0) is 4.79 Å². The molecule has 0 bridgehead atoms. The van der Waals surface area contributed by atoms with Gasteiger partial charge in [-0.15, -0.1) is 0 Å². The van der Waals surface area contributed by atoms with Gasteiger partial charge >= 0.3 is 0 Å². The first-order valence-corrected chi connectivity index (χ1v) is 7.54. The molecule has 1 unspecified atom stereocenters. The predicted octanol–water partition coefficient (Wildman–Crippen LogP) is 4.04. The number of benzene rings is 1. The highest BCUT2D eigenvalue weighted by Crippen LogP contribution is 2.41. The Balaban J connectivity index is 2.12. The summed E-state index contributed by atoms with van der Waals surface area (Å²) >= 11 is 0. The molecule has 1 aliphatic carbocycles. The van der Waals surface area contributed by atoms with E-state index >= 15 is 0 Å². The first-order valence-electron chi connectivity index (χ1n) is 7.54. The molecule has 0 saturated heterocycles. The molecule has 114 valence electrons. The summed E-state index contributed by atoms with van der Waals surface area (Å²) in [5.74, 6) is 0.151. The van der Waals surface area contributed by atoms with E-state index in [4.69, 9.17) is 5.21 Å². The van der Waals surface area contributed by atoms with Crippen molar-refractivity contribution in [3.05, 3.63) is 29.8 Å². The number of carbonyl (C=O) groups excluding carboxylic acids is 1. The van der Waals surface area contributed by atoms with Gasteiger partial charge in [-0.25, -0.2) is 0 Å². The number of rotatable bonds is 3. The van der Waals surface area contributed by atoms with Gasteiger partial charge in [0.05, 0.1) is 5.71 Å². The van der Waals surface area contributed by atoms with Gasteiger partial charge in [0.1, 0.15) is 0 Å². The number of oxime groups is 1. The molecule has 1 amide bonds. The van der Waals surface area contributed by atoms with Gasteiger partial charge in [0.2, 0.25) is 5.91 Å². The van der Waals surface area contributed by atoms with Gasteiger partial charge in [0.25, 0.3) is 0 Å². The molecular formula is C17H24N2O2. The van der Waals surface area contributed by atoms with Gasteiger partial charge in [0, 0.05) is 17.2 Å². The highest BCUT2D eigenvalue weighted by Gasteiger charge is 2.37. The van der Waals surface area contributed by atoms with E-state index in [2.05, 4.69) is 24.3 Å². The number of nitrogens with one attached hydrogen (secondary N) is 1. The molecule has 1 aliphatic rings.